The second kappa shape index (κ2) is 3.22. The molecule has 0 bridgehead atoms. The van der Waals surface area contributed by atoms with Crippen molar-refractivity contribution in [1.82, 2.24) is 5.32 Å². The van der Waals surface area contributed by atoms with Crippen molar-refractivity contribution in [2.24, 2.45) is 16.7 Å². The molecule has 2 aliphatic rings. The van der Waals surface area contributed by atoms with Crippen molar-refractivity contribution in [2.75, 3.05) is 11.9 Å². The van der Waals surface area contributed by atoms with E-state index in [-0.39, 0.29) is 17.2 Å². The van der Waals surface area contributed by atoms with Gasteiger partial charge in [-0.15, -0.1) is 0 Å². The lowest BCUT2D eigenvalue weighted by atomic mass is 10.1. The van der Waals surface area contributed by atoms with Crippen LogP contribution in [-0.2, 0) is 4.79 Å². The number of carbonyl (C=O) groups is 1. The van der Waals surface area contributed by atoms with Crippen LogP contribution in [0.5, 0.6) is 0 Å². The Morgan fingerprint density at radius 2 is 2.07 bits per heavy atom. The van der Waals surface area contributed by atoms with E-state index in [1.807, 2.05) is 0 Å². The SMILES string of the molecule is CC1(C)CC1C(=O)NCC1(CBr)CC1. The molecule has 2 rings (SSSR count). The summed E-state index contributed by atoms with van der Waals surface area (Å²) in [5.74, 6) is 0.538. The van der Waals surface area contributed by atoms with Gasteiger partial charge in [-0.1, -0.05) is 29.8 Å². The highest BCUT2D eigenvalue weighted by atomic mass is 79.9. The van der Waals surface area contributed by atoms with Crippen LogP contribution in [0.3, 0.4) is 0 Å². The number of halogens is 1. The molecule has 1 atom stereocenters. The summed E-state index contributed by atoms with van der Waals surface area (Å²) in [6.07, 6.45) is 3.57. The van der Waals surface area contributed by atoms with Crippen molar-refractivity contribution in [3.63, 3.8) is 0 Å². The summed E-state index contributed by atoms with van der Waals surface area (Å²) in [4.78, 5) is 11.7. The third-order valence-corrected chi connectivity index (χ3v) is 4.90. The molecule has 14 heavy (non-hydrogen) atoms. The summed E-state index contributed by atoms with van der Waals surface area (Å²) < 4.78 is 0. The van der Waals surface area contributed by atoms with Crippen molar-refractivity contribution in [2.45, 2.75) is 33.1 Å². The molecule has 0 radical (unpaired) electrons. The van der Waals surface area contributed by atoms with Crippen molar-refractivity contribution in [1.29, 1.82) is 0 Å². The monoisotopic (exact) mass is 259 g/mol. The first-order valence-corrected chi connectivity index (χ1v) is 6.45. The van der Waals surface area contributed by atoms with E-state index < -0.39 is 0 Å². The van der Waals surface area contributed by atoms with Gasteiger partial charge in [-0.2, -0.15) is 0 Å². The molecule has 0 heterocycles. The number of hydrogen-bond acceptors (Lipinski definition) is 1. The third-order valence-electron chi connectivity index (χ3n) is 3.71. The van der Waals surface area contributed by atoms with Gasteiger partial charge in [0.2, 0.25) is 5.91 Å². The smallest absolute Gasteiger partial charge is 0.223 e. The Bertz CT molecular complexity index is 258. The fraction of sp³-hybridized carbons (Fsp3) is 0.909. The van der Waals surface area contributed by atoms with Gasteiger partial charge in [-0.05, 0) is 30.1 Å². The van der Waals surface area contributed by atoms with Crippen LogP contribution in [0.2, 0.25) is 0 Å². The van der Waals surface area contributed by atoms with Gasteiger partial charge in [0.05, 0.1) is 0 Å². The zero-order valence-electron chi connectivity index (χ0n) is 8.90. The second-order valence-corrected chi connectivity index (χ2v) is 6.16. The van der Waals surface area contributed by atoms with Crippen LogP contribution in [0, 0.1) is 16.7 Å². The summed E-state index contributed by atoms with van der Waals surface area (Å²) in [5.41, 5.74) is 0.657. The van der Waals surface area contributed by atoms with Gasteiger partial charge in [-0.25, -0.2) is 0 Å². The molecule has 1 amide bonds. The van der Waals surface area contributed by atoms with Gasteiger partial charge < -0.3 is 5.32 Å². The van der Waals surface area contributed by atoms with Crippen LogP contribution < -0.4 is 5.32 Å². The number of alkyl halides is 1. The summed E-state index contributed by atoms with van der Waals surface area (Å²) in [6.45, 7) is 5.19. The van der Waals surface area contributed by atoms with E-state index in [0.29, 0.717) is 5.41 Å². The normalized spacial score (nSPS) is 30.9. The minimum Gasteiger partial charge on any atom is -0.355 e. The van der Waals surface area contributed by atoms with E-state index in [2.05, 4.69) is 35.1 Å². The lowest BCUT2D eigenvalue weighted by Crippen LogP contribution is -2.32. The molecule has 0 aliphatic heterocycles. The van der Waals surface area contributed by atoms with Gasteiger partial charge in [-0.3, -0.25) is 4.79 Å². The Hall–Kier alpha value is -0.0500. The van der Waals surface area contributed by atoms with E-state index in [9.17, 15) is 4.79 Å². The molecule has 0 aromatic heterocycles. The lowest BCUT2D eigenvalue weighted by molar-refractivity contribution is -0.123. The predicted molar refractivity (Wildman–Crippen MR) is 60.4 cm³/mol. The summed E-state index contributed by atoms with van der Waals surface area (Å²) >= 11 is 3.51. The lowest BCUT2D eigenvalue weighted by Gasteiger charge is -2.13. The average Bonchev–Trinajstić information content (AvgIpc) is 3.00. The fourth-order valence-electron chi connectivity index (χ4n) is 1.85. The van der Waals surface area contributed by atoms with E-state index in [0.717, 1.165) is 18.3 Å². The van der Waals surface area contributed by atoms with Crippen LogP contribution in [0.1, 0.15) is 33.1 Å². The Kier molecular flexibility index (Phi) is 2.41. The van der Waals surface area contributed by atoms with Crippen LogP contribution in [0.4, 0.5) is 0 Å². The number of amides is 1. The Morgan fingerprint density at radius 1 is 1.50 bits per heavy atom. The summed E-state index contributed by atoms with van der Waals surface area (Å²) in [5, 5.41) is 4.11. The standard InChI is InChI=1S/C11H18BrNO/c1-10(2)5-8(10)9(14)13-7-11(6-12)3-4-11/h8H,3-7H2,1-2H3,(H,13,14). The highest BCUT2D eigenvalue weighted by molar-refractivity contribution is 9.09. The predicted octanol–water partition coefficient (Wildman–Crippen LogP) is 2.32. The minimum atomic E-state index is 0.259. The highest BCUT2D eigenvalue weighted by Gasteiger charge is 2.51. The van der Waals surface area contributed by atoms with Crippen molar-refractivity contribution < 1.29 is 4.79 Å². The topological polar surface area (TPSA) is 29.1 Å². The number of nitrogens with one attached hydrogen (secondary N) is 1. The van der Waals surface area contributed by atoms with E-state index in [1.54, 1.807) is 0 Å². The van der Waals surface area contributed by atoms with Crippen molar-refractivity contribution in [3.8, 4) is 0 Å². The maximum atomic E-state index is 11.7. The van der Waals surface area contributed by atoms with Crippen LogP contribution in [0.15, 0.2) is 0 Å². The number of hydrogen-bond donors (Lipinski definition) is 1. The van der Waals surface area contributed by atoms with Crippen molar-refractivity contribution >= 4 is 21.8 Å². The summed E-state index contributed by atoms with van der Waals surface area (Å²) in [6, 6.07) is 0. The van der Waals surface area contributed by atoms with Gasteiger partial charge in [0.25, 0.3) is 0 Å². The molecule has 0 saturated heterocycles. The first kappa shape index (κ1) is 10.5. The fourth-order valence-corrected chi connectivity index (χ4v) is 2.61. The average molecular weight is 260 g/mol. The molecule has 2 nitrogen and oxygen atoms in total. The molecule has 2 aliphatic carbocycles. The third kappa shape index (κ3) is 1.97. The van der Waals surface area contributed by atoms with E-state index >= 15 is 0 Å². The maximum absolute atomic E-state index is 11.7. The molecular formula is C11H18BrNO. The molecule has 3 heteroatoms. The zero-order chi connectivity index (χ0) is 10.4. The highest BCUT2D eigenvalue weighted by Crippen LogP contribution is 2.52. The maximum Gasteiger partial charge on any atom is 0.223 e. The van der Waals surface area contributed by atoms with Gasteiger partial charge in [0, 0.05) is 17.8 Å². The van der Waals surface area contributed by atoms with E-state index in [4.69, 9.17) is 0 Å². The molecule has 80 valence electrons. The van der Waals surface area contributed by atoms with Crippen LogP contribution >= 0.6 is 15.9 Å². The quantitative estimate of drug-likeness (QED) is 0.772. The molecule has 1 unspecified atom stereocenters. The first-order chi connectivity index (χ1) is 6.49. The molecule has 0 spiro atoms. The van der Waals surface area contributed by atoms with Crippen molar-refractivity contribution in [3.05, 3.63) is 0 Å². The zero-order valence-corrected chi connectivity index (χ0v) is 10.5. The number of carbonyl (C=O) groups excluding carboxylic acids is 1. The molecule has 0 aromatic rings. The van der Waals surface area contributed by atoms with Crippen LogP contribution in [-0.4, -0.2) is 17.8 Å². The van der Waals surface area contributed by atoms with E-state index in [1.165, 1.54) is 12.8 Å². The minimum absolute atomic E-state index is 0.259. The Morgan fingerprint density at radius 3 is 2.43 bits per heavy atom. The van der Waals surface area contributed by atoms with Crippen LogP contribution in [0.25, 0.3) is 0 Å². The Labute approximate surface area is 94.0 Å². The number of rotatable bonds is 4. The molecular weight excluding hydrogens is 242 g/mol. The first-order valence-electron chi connectivity index (χ1n) is 5.33. The summed E-state index contributed by atoms with van der Waals surface area (Å²) in [7, 11) is 0. The molecule has 2 fully saturated rings. The second-order valence-electron chi connectivity index (χ2n) is 5.60. The van der Waals surface area contributed by atoms with Gasteiger partial charge in [0.1, 0.15) is 0 Å². The molecule has 1 N–H and O–H groups in total. The largest absolute Gasteiger partial charge is 0.355 e. The Balaban J connectivity index is 1.74. The molecule has 2 saturated carbocycles. The van der Waals surface area contributed by atoms with Gasteiger partial charge >= 0.3 is 0 Å². The van der Waals surface area contributed by atoms with Gasteiger partial charge in [0.15, 0.2) is 0 Å². The molecule has 0 aromatic carbocycles.